The molecule has 1 fully saturated rings. The zero-order valence-corrected chi connectivity index (χ0v) is 14.4. The Morgan fingerprint density at radius 2 is 1.83 bits per heavy atom. The van der Waals surface area contributed by atoms with Crippen LogP contribution in [0, 0.1) is 0 Å². The van der Waals surface area contributed by atoms with E-state index in [1.54, 1.807) is 11.3 Å². The van der Waals surface area contributed by atoms with Crippen molar-refractivity contribution in [2.45, 2.75) is 32.2 Å². The topological polar surface area (TPSA) is 49.0 Å². The summed E-state index contributed by atoms with van der Waals surface area (Å²) in [7, 11) is 0. The van der Waals surface area contributed by atoms with Crippen LogP contribution in [0.5, 0.6) is 0 Å². The van der Waals surface area contributed by atoms with Gasteiger partial charge < -0.3 is 4.98 Å². The Bertz CT molecular complexity index is 877. The number of nitrogens with zero attached hydrogens (tertiary/aromatic N) is 2. The normalized spacial score (nSPS) is 16.3. The summed E-state index contributed by atoms with van der Waals surface area (Å²) in [6.45, 7) is 2.94. The van der Waals surface area contributed by atoms with E-state index in [2.05, 4.69) is 9.88 Å². The second-order valence-electron chi connectivity index (χ2n) is 6.40. The largest absolute Gasteiger partial charge is 0.309 e. The van der Waals surface area contributed by atoms with Crippen molar-refractivity contribution in [1.82, 2.24) is 14.9 Å². The van der Waals surface area contributed by atoms with Crippen molar-refractivity contribution in [3.63, 3.8) is 0 Å². The number of rotatable bonds is 3. The summed E-state index contributed by atoms with van der Waals surface area (Å²) in [4.78, 5) is 23.6. The molecule has 0 amide bonds. The summed E-state index contributed by atoms with van der Waals surface area (Å²) in [5.41, 5.74) is 2.02. The molecule has 0 atom stereocenters. The minimum Gasteiger partial charge on any atom is -0.309 e. The molecule has 0 spiro atoms. The zero-order valence-electron chi connectivity index (χ0n) is 13.6. The van der Waals surface area contributed by atoms with Gasteiger partial charge in [0.25, 0.3) is 5.56 Å². The summed E-state index contributed by atoms with van der Waals surface area (Å²) in [5, 5.41) is 2.75. The minimum absolute atomic E-state index is 0.0232. The quantitative estimate of drug-likeness (QED) is 0.784. The van der Waals surface area contributed by atoms with Crippen LogP contribution in [0.2, 0.25) is 0 Å². The average Bonchev–Trinajstić information content (AvgIpc) is 2.86. The van der Waals surface area contributed by atoms with Crippen LogP contribution in [0.4, 0.5) is 0 Å². The lowest BCUT2D eigenvalue weighted by Gasteiger charge is -2.18. The maximum atomic E-state index is 12.7. The van der Waals surface area contributed by atoms with Crippen LogP contribution in [0.15, 0.2) is 40.5 Å². The van der Waals surface area contributed by atoms with Gasteiger partial charge in [0, 0.05) is 10.9 Å². The molecule has 124 valence electrons. The molecular weight excluding hydrogens is 318 g/mol. The van der Waals surface area contributed by atoms with Crippen LogP contribution in [0.3, 0.4) is 0 Å². The maximum absolute atomic E-state index is 12.7. The molecule has 0 unspecified atom stereocenters. The molecule has 3 aromatic rings. The lowest BCUT2D eigenvalue weighted by Crippen LogP contribution is -2.26. The average molecular weight is 339 g/mol. The molecule has 1 N–H and O–H groups in total. The first kappa shape index (κ1) is 15.5. The summed E-state index contributed by atoms with van der Waals surface area (Å²) >= 11 is 1.55. The number of aromatic nitrogens is 2. The highest BCUT2D eigenvalue weighted by molar-refractivity contribution is 7.17. The monoisotopic (exact) mass is 339 g/mol. The number of H-pyrrole nitrogens is 1. The third-order valence-electron chi connectivity index (χ3n) is 4.65. The molecule has 2 aromatic heterocycles. The first-order chi connectivity index (χ1) is 11.8. The van der Waals surface area contributed by atoms with Crippen LogP contribution in [0.1, 0.15) is 31.5 Å². The highest BCUT2D eigenvalue weighted by Crippen LogP contribution is 2.30. The van der Waals surface area contributed by atoms with Crippen LogP contribution in [-0.4, -0.2) is 28.0 Å². The van der Waals surface area contributed by atoms with Gasteiger partial charge in [0.1, 0.15) is 10.7 Å². The summed E-state index contributed by atoms with van der Waals surface area (Å²) < 4.78 is 0. The van der Waals surface area contributed by atoms with Crippen molar-refractivity contribution in [3.8, 4) is 11.1 Å². The highest BCUT2D eigenvalue weighted by Gasteiger charge is 2.15. The van der Waals surface area contributed by atoms with Crippen molar-refractivity contribution in [2.24, 2.45) is 0 Å². The van der Waals surface area contributed by atoms with Gasteiger partial charge in [-0.1, -0.05) is 43.2 Å². The predicted molar refractivity (Wildman–Crippen MR) is 99.4 cm³/mol. The molecule has 0 radical (unpaired) electrons. The van der Waals surface area contributed by atoms with Gasteiger partial charge in [-0.25, -0.2) is 4.98 Å². The Morgan fingerprint density at radius 1 is 1.08 bits per heavy atom. The number of nitrogens with one attached hydrogen (secondary N) is 1. The van der Waals surface area contributed by atoms with Gasteiger partial charge in [0.2, 0.25) is 0 Å². The number of hydrogen-bond donors (Lipinski definition) is 1. The number of aromatic amines is 1. The summed E-state index contributed by atoms with van der Waals surface area (Å²) in [5.74, 6) is 0.788. The van der Waals surface area contributed by atoms with Gasteiger partial charge in [-0.3, -0.25) is 9.69 Å². The SMILES string of the molecule is O=c1[nH]c(CN2CCCCCC2)nc2scc(-c3ccccc3)c12. The molecule has 1 aromatic carbocycles. The van der Waals surface area contributed by atoms with E-state index in [4.69, 9.17) is 4.98 Å². The Hall–Kier alpha value is -1.98. The van der Waals surface area contributed by atoms with E-state index in [0.717, 1.165) is 41.4 Å². The molecule has 1 aliphatic rings. The first-order valence-electron chi connectivity index (χ1n) is 8.59. The fraction of sp³-hybridized carbons (Fsp3) is 0.368. The van der Waals surface area contributed by atoms with Gasteiger partial charge in [-0.15, -0.1) is 11.3 Å². The molecule has 0 saturated carbocycles. The smallest absolute Gasteiger partial charge is 0.260 e. The molecule has 0 aliphatic carbocycles. The molecule has 1 aliphatic heterocycles. The van der Waals surface area contributed by atoms with E-state index in [9.17, 15) is 4.79 Å². The Kier molecular flexibility index (Phi) is 4.45. The van der Waals surface area contributed by atoms with Gasteiger partial charge in [-0.2, -0.15) is 0 Å². The van der Waals surface area contributed by atoms with E-state index in [1.807, 2.05) is 35.7 Å². The van der Waals surface area contributed by atoms with E-state index >= 15 is 0 Å². The predicted octanol–water partition coefficient (Wildman–Crippen LogP) is 4.03. The maximum Gasteiger partial charge on any atom is 0.260 e. The van der Waals surface area contributed by atoms with Crippen molar-refractivity contribution in [1.29, 1.82) is 0 Å². The summed E-state index contributed by atoms with van der Waals surface area (Å²) in [6.07, 6.45) is 5.10. The number of hydrogen-bond acceptors (Lipinski definition) is 4. The number of fused-ring (bicyclic) bond motifs is 1. The second-order valence-corrected chi connectivity index (χ2v) is 7.26. The second kappa shape index (κ2) is 6.87. The van der Waals surface area contributed by atoms with E-state index in [0.29, 0.717) is 5.39 Å². The highest BCUT2D eigenvalue weighted by atomic mass is 32.1. The third-order valence-corrected chi connectivity index (χ3v) is 5.52. The minimum atomic E-state index is -0.0232. The van der Waals surface area contributed by atoms with E-state index < -0.39 is 0 Å². The zero-order chi connectivity index (χ0) is 16.4. The molecule has 4 nitrogen and oxygen atoms in total. The Balaban J connectivity index is 1.67. The number of benzene rings is 1. The van der Waals surface area contributed by atoms with E-state index in [-0.39, 0.29) is 5.56 Å². The Morgan fingerprint density at radius 3 is 2.58 bits per heavy atom. The van der Waals surface area contributed by atoms with Gasteiger partial charge in [0.15, 0.2) is 0 Å². The van der Waals surface area contributed by atoms with Crippen molar-refractivity contribution in [3.05, 3.63) is 51.9 Å². The molecule has 0 bridgehead atoms. The summed E-state index contributed by atoms with van der Waals surface area (Å²) in [6, 6.07) is 10.0. The standard InChI is InChI=1S/C19H21N3OS/c23-18-17-15(14-8-4-3-5-9-14)13-24-19(17)21-16(20-18)12-22-10-6-1-2-7-11-22/h3-5,8-9,13H,1-2,6-7,10-12H2,(H,20,21,23). The Labute approximate surface area is 145 Å². The van der Waals surface area contributed by atoms with Crippen molar-refractivity contribution >= 4 is 21.6 Å². The molecular formula is C19H21N3OS. The van der Waals surface area contributed by atoms with Crippen LogP contribution in [0.25, 0.3) is 21.3 Å². The van der Waals surface area contributed by atoms with Crippen molar-refractivity contribution in [2.75, 3.05) is 13.1 Å². The van der Waals surface area contributed by atoms with Gasteiger partial charge in [-0.05, 0) is 31.5 Å². The van der Waals surface area contributed by atoms with Gasteiger partial charge >= 0.3 is 0 Å². The van der Waals surface area contributed by atoms with E-state index in [1.165, 1.54) is 25.7 Å². The fourth-order valence-corrected chi connectivity index (χ4v) is 4.37. The van der Waals surface area contributed by atoms with Crippen LogP contribution in [-0.2, 0) is 6.54 Å². The third kappa shape index (κ3) is 3.14. The van der Waals surface area contributed by atoms with Crippen LogP contribution >= 0.6 is 11.3 Å². The lowest BCUT2D eigenvalue weighted by atomic mass is 10.1. The molecule has 5 heteroatoms. The molecule has 24 heavy (non-hydrogen) atoms. The van der Waals surface area contributed by atoms with Crippen LogP contribution < -0.4 is 5.56 Å². The number of likely N-dealkylation sites (tertiary alicyclic amines) is 1. The lowest BCUT2D eigenvalue weighted by molar-refractivity contribution is 0.270. The van der Waals surface area contributed by atoms with Crippen molar-refractivity contribution < 1.29 is 0 Å². The molecule has 4 rings (SSSR count). The molecule has 1 saturated heterocycles. The van der Waals surface area contributed by atoms with Gasteiger partial charge in [0.05, 0.1) is 11.9 Å². The fourth-order valence-electron chi connectivity index (χ4n) is 3.40. The molecule has 3 heterocycles. The first-order valence-corrected chi connectivity index (χ1v) is 9.47. The number of thiophene rings is 1.